The SMILES string of the molecule is O=[N+]([O-])/C(=C/c1ccco1)CO. The lowest BCUT2D eigenvalue weighted by Gasteiger charge is -1.90. The van der Waals surface area contributed by atoms with E-state index in [4.69, 9.17) is 9.52 Å². The first kappa shape index (κ1) is 8.48. The lowest BCUT2D eigenvalue weighted by Crippen LogP contribution is -2.02. The minimum atomic E-state index is -0.650. The van der Waals surface area contributed by atoms with Crippen molar-refractivity contribution in [2.24, 2.45) is 0 Å². The Kier molecular flexibility index (Phi) is 2.60. The molecule has 5 heteroatoms. The Hall–Kier alpha value is -1.62. The van der Waals surface area contributed by atoms with E-state index in [1.807, 2.05) is 0 Å². The highest BCUT2D eigenvalue weighted by atomic mass is 16.6. The Morgan fingerprint density at radius 1 is 1.83 bits per heavy atom. The first-order valence-electron chi connectivity index (χ1n) is 3.23. The molecule has 1 aromatic heterocycles. The van der Waals surface area contributed by atoms with Crippen LogP contribution in [0.5, 0.6) is 0 Å². The number of nitrogens with zero attached hydrogens (tertiary/aromatic N) is 1. The van der Waals surface area contributed by atoms with E-state index in [0.29, 0.717) is 5.76 Å². The highest BCUT2D eigenvalue weighted by molar-refractivity contribution is 5.44. The van der Waals surface area contributed by atoms with Gasteiger partial charge >= 0.3 is 0 Å². The third-order valence-electron chi connectivity index (χ3n) is 1.25. The van der Waals surface area contributed by atoms with Gasteiger partial charge in [0, 0.05) is 0 Å². The van der Waals surface area contributed by atoms with Crippen LogP contribution in [0.1, 0.15) is 5.76 Å². The standard InChI is InChI=1S/C7H7NO4/c9-5-6(8(10)11)4-7-2-1-3-12-7/h1-4,9H,5H2/b6-4+. The minimum Gasteiger partial charge on any atom is -0.465 e. The molecule has 0 bridgehead atoms. The van der Waals surface area contributed by atoms with E-state index in [-0.39, 0.29) is 5.70 Å². The van der Waals surface area contributed by atoms with Crippen molar-refractivity contribution in [1.82, 2.24) is 0 Å². The number of hydrogen-bond acceptors (Lipinski definition) is 4. The van der Waals surface area contributed by atoms with E-state index in [1.165, 1.54) is 12.3 Å². The molecule has 64 valence electrons. The van der Waals surface area contributed by atoms with Gasteiger partial charge in [-0.2, -0.15) is 0 Å². The topological polar surface area (TPSA) is 76.5 Å². The molecule has 1 N–H and O–H groups in total. The molecule has 0 atom stereocenters. The van der Waals surface area contributed by atoms with Crippen molar-refractivity contribution < 1.29 is 14.4 Å². The molecule has 0 aliphatic heterocycles. The van der Waals surface area contributed by atoms with Crippen LogP contribution >= 0.6 is 0 Å². The summed E-state index contributed by atoms with van der Waals surface area (Å²) in [7, 11) is 0. The number of nitro groups is 1. The lowest BCUT2D eigenvalue weighted by molar-refractivity contribution is -0.428. The van der Waals surface area contributed by atoms with Crippen molar-refractivity contribution in [1.29, 1.82) is 0 Å². The summed E-state index contributed by atoms with van der Waals surface area (Å²) in [4.78, 5) is 9.54. The molecule has 0 amide bonds. The molecule has 0 aromatic carbocycles. The summed E-state index contributed by atoms with van der Waals surface area (Å²) in [5, 5.41) is 18.7. The van der Waals surface area contributed by atoms with Gasteiger partial charge in [-0.3, -0.25) is 10.1 Å². The normalized spacial score (nSPS) is 11.6. The first-order valence-corrected chi connectivity index (χ1v) is 3.23. The van der Waals surface area contributed by atoms with Crippen LogP contribution in [-0.2, 0) is 0 Å². The molecule has 5 nitrogen and oxygen atoms in total. The molecule has 0 saturated carbocycles. The van der Waals surface area contributed by atoms with Gasteiger partial charge in [-0.05, 0) is 12.1 Å². The Balaban J connectivity index is 2.85. The molecule has 1 aromatic rings. The van der Waals surface area contributed by atoms with Gasteiger partial charge in [0.2, 0.25) is 0 Å². The highest BCUT2D eigenvalue weighted by Crippen LogP contribution is 2.06. The molecule has 0 radical (unpaired) electrons. The zero-order valence-corrected chi connectivity index (χ0v) is 6.14. The van der Waals surface area contributed by atoms with E-state index >= 15 is 0 Å². The predicted octanol–water partition coefficient (Wildman–Crippen LogP) is 0.889. The molecule has 0 spiro atoms. The summed E-state index contributed by atoms with van der Waals surface area (Å²) < 4.78 is 4.82. The molecular weight excluding hydrogens is 162 g/mol. The van der Waals surface area contributed by atoms with E-state index < -0.39 is 11.5 Å². The summed E-state index contributed by atoms with van der Waals surface area (Å²) >= 11 is 0. The number of aliphatic hydroxyl groups is 1. The van der Waals surface area contributed by atoms with E-state index in [9.17, 15) is 10.1 Å². The maximum Gasteiger partial charge on any atom is 0.275 e. The van der Waals surface area contributed by atoms with Crippen LogP contribution in [0.15, 0.2) is 28.5 Å². The highest BCUT2D eigenvalue weighted by Gasteiger charge is 2.08. The van der Waals surface area contributed by atoms with Gasteiger partial charge < -0.3 is 9.52 Å². The zero-order chi connectivity index (χ0) is 8.97. The van der Waals surface area contributed by atoms with Gasteiger partial charge in [-0.25, -0.2) is 0 Å². The third kappa shape index (κ3) is 1.93. The molecule has 1 heterocycles. The second-order valence-corrected chi connectivity index (χ2v) is 2.07. The van der Waals surface area contributed by atoms with Crippen LogP contribution in [0.3, 0.4) is 0 Å². The summed E-state index contributed by atoms with van der Waals surface area (Å²) in [5.41, 5.74) is -0.287. The lowest BCUT2D eigenvalue weighted by atomic mass is 10.3. The molecule has 0 aliphatic carbocycles. The number of aliphatic hydroxyl groups excluding tert-OH is 1. The van der Waals surface area contributed by atoms with Crippen molar-refractivity contribution in [2.45, 2.75) is 0 Å². The van der Waals surface area contributed by atoms with Gasteiger partial charge in [0.15, 0.2) is 0 Å². The van der Waals surface area contributed by atoms with Crippen molar-refractivity contribution in [2.75, 3.05) is 6.61 Å². The Morgan fingerprint density at radius 2 is 2.58 bits per heavy atom. The second kappa shape index (κ2) is 3.68. The number of hydrogen-bond donors (Lipinski definition) is 1. The van der Waals surface area contributed by atoms with Gasteiger partial charge in [0.25, 0.3) is 5.70 Å². The Morgan fingerprint density at radius 3 is 3.00 bits per heavy atom. The second-order valence-electron chi connectivity index (χ2n) is 2.07. The Labute approximate surface area is 68.1 Å². The van der Waals surface area contributed by atoms with Crippen LogP contribution in [0.4, 0.5) is 0 Å². The van der Waals surface area contributed by atoms with Crippen LogP contribution in [0.2, 0.25) is 0 Å². The average Bonchev–Trinajstić information content (AvgIpc) is 2.51. The fourth-order valence-corrected chi connectivity index (χ4v) is 0.694. The summed E-state index contributed by atoms with van der Waals surface area (Å²) in [6, 6.07) is 3.18. The Bertz CT molecular complexity index is 288. The monoisotopic (exact) mass is 169 g/mol. The number of furan rings is 1. The summed E-state index contributed by atoms with van der Waals surface area (Å²) in [5.74, 6) is 0.357. The third-order valence-corrected chi connectivity index (χ3v) is 1.25. The van der Waals surface area contributed by atoms with Gasteiger partial charge in [-0.1, -0.05) is 0 Å². The summed E-state index contributed by atoms with van der Waals surface area (Å²) in [6.45, 7) is -0.603. The molecule has 12 heavy (non-hydrogen) atoms. The average molecular weight is 169 g/mol. The molecule has 1 rings (SSSR count). The molecular formula is C7H7NO4. The maximum atomic E-state index is 10.2. The smallest absolute Gasteiger partial charge is 0.275 e. The molecule has 0 fully saturated rings. The van der Waals surface area contributed by atoms with Crippen molar-refractivity contribution >= 4 is 6.08 Å². The van der Waals surface area contributed by atoms with Crippen molar-refractivity contribution in [3.63, 3.8) is 0 Å². The van der Waals surface area contributed by atoms with E-state index in [2.05, 4.69) is 0 Å². The van der Waals surface area contributed by atoms with Crippen LogP contribution in [0.25, 0.3) is 6.08 Å². The minimum absolute atomic E-state index is 0.287. The van der Waals surface area contributed by atoms with Crippen LogP contribution in [-0.4, -0.2) is 16.6 Å². The van der Waals surface area contributed by atoms with E-state index in [1.54, 1.807) is 12.1 Å². The fourth-order valence-electron chi connectivity index (χ4n) is 0.694. The van der Waals surface area contributed by atoms with Gasteiger partial charge in [0.1, 0.15) is 12.4 Å². The largest absolute Gasteiger partial charge is 0.465 e. The van der Waals surface area contributed by atoms with Gasteiger partial charge in [-0.15, -0.1) is 0 Å². The first-order chi connectivity index (χ1) is 5.74. The predicted molar refractivity (Wildman–Crippen MR) is 40.8 cm³/mol. The van der Waals surface area contributed by atoms with Gasteiger partial charge in [0.05, 0.1) is 17.3 Å². The molecule has 0 unspecified atom stereocenters. The number of rotatable bonds is 3. The van der Waals surface area contributed by atoms with E-state index in [0.717, 1.165) is 0 Å². The quantitative estimate of drug-likeness (QED) is 0.538. The van der Waals surface area contributed by atoms with Crippen molar-refractivity contribution in [3.8, 4) is 0 Å². The summed E-state index contributed by atoms with van der Waals surface area (Å²) in [6.07, 6.45) is 2.58. The molecule has 0 saturated heterocycles. The van der Waals surface area contributed by atoms with Crippen LogP contribution in [0, 0.1) is 10.1 Å². The van der Waals surface area contributed by atoms with Crippen LogP contribution < -0.4 is 0 Å². The molecule has 0 aliphatic rings. The van der Waals surface area contributed by atoms with Crippen molar-refractivity contribution in [3.05, 3.63) is 40.0 Å². The fraction of sp³-hybridized carbons (Fsp3) is 0.143. The zero-order valence-electron chi connectivity index (χ0n) is 6.14. The maximum absolute atomic E-state index is 10.2.